The minimum absolute atomic E-state index is 0.0730. The highest BCUT2D eigenvalue weighted by atomic mass is 16.6. The Morgan fingerprint density at radius 1 is 0.302 bits per heavy atom. The van der Waals surface area contributed by atoms with E-state index in [1.807, 2.05) is 0 Å². The lowest BCUT2D eigenvalue weighted by Gasteiger charge is -2.18. The van der Waals surface area contributed by atoms with Gasteiger partial charge in [0.1, 0.15) is 13.2 Å². The molecule has 0 N–H and O–H groups in total. The first kappa shape index (κ1) is 60.9. The SMILES string of the molecule is CCCCCC/C=C\CCCCCCCC(=O)OCC(COC(=O)CCCCCCCCCCCCCCCCCCC)OC(=O)CCCCCCC/C=C\CCCCCCCC. The average molecular weight is 887 g/mol. The third-order valence-corrected chi connectivity index (χ3v) is 12.4. The molecule has 0 radical (unpaired) electrons. The molecule has 0 fully saturated rings. The molecule has 0 aliphatic heterocycles. The van der Waals surface area contributed by atoms with Crippen molar-refractivity contribution in [3.63, 3.8) is 0 Å². The first-order valence-electron chi connectivity index (χ1n) is 27.8. The quantitative estimate of drug-likeness (QED) is 0.0262. The topological polar surface area (TPSA) is 78.9 Å². The maximum absolute atomic E-state index is 12.8. The van der Waals surface area contributed by atoms with Crippen LogP contribution in [0.3, 0.4) is 0 Å². The zero-order valence-corrected chi connectivity index (χ0v) is 42.4. The zero-order valence-electron chi connectivity index (χ0n) is 42.4. The van der Waals surface area contributed by atoms with E-state index in [1.54, 1.807) is 0 Å². The van der Waals surface area contributed by atoms with Crippen molar-refractivity contribution in [2.75, 3.05) is 13.2 Å². The predicted molar refractivity (Wildman–Crippen MR) is 270 cm³/mol. The fourth-order valence-electron chi connectivity index (χ4n) is 8.20. The molecule has 6 heteroatoms. The van der Waals surface area contributed by atoms with Crippen LogP contribution in [0.5, 0.6) is 0 Å². The molecule has 0 saturated carbocycles. The van der Waals surface area contributed by atoms with Crippen LogP contribution in [0.4, 0.5) is 0 Å². The monoisotopic (exact) mass is 887 g/mol. The summed E-state index contributed by atoms with van der Waals surface area (Å²) in [5, 5.41) is 0. The normalized spacial score (nSPS) is 12.1. The number of rotatable bonds is 51. The van der Waals surface area contributed by atoms with E-state index in [-0.39, 0.29) is 31.1 Å². The van der Waals surface area contributed by atoms with Gasteiger partial charge in [-0.05, 0) is 70.6 Å². The molecule has 63 heavy (non-hydrogen) atoms. The summed E-state index contributed by atoms with van der Waals surface area (Å²) in [6.07, 6.45) is 60.2. The molecule has 0 aromatic rings. The molecule has 0 aliphatic rings. The molecule has 0 saturated heterocycles. The van der Waals surface area contributed by atoms with E-state index in [1.165, 1.54) is 193 Å². The fraction of sp³-hybridized carbons (Fsp3) is 0.877. The van der Waals surface area contributed by atoms with Crippen molar-refractivity contribution >= 4 is 17.9 Å². The first-order valence-corrected chi connectivity index (χ1v) is 27.8. The number of hydrogen-bond acceptors (Lipinski definition) is 6. The van der Waals surface area contributed by atoms with Gasteiger partial charge in [-0.15, -0.1) is 0 Å². The summed E-state index contributed by atoms with van der Waals surface area (Å²) >= 11 is 0. The molecule has 0 spiro atoms. The average Bonchev–Trinajstić information content (AvgIpc) is 3.28. The van der Waals surface area contributed by atoms with Gasteiger partial charge >= 0.3 is 17.9 Å². The highest BCUT2D eigenvalue weighted by Gasteiger charge is 2.19. The number of carbonyl (C=O) groups is 3. The van der Waals surface area contributed by atoms with Gasteiger partial charge in [0.15, 0.2) is 6.10 Å². The van der Waals surface area contributed by atoms with Crippen molar-refractivity contribution < 1.29 is 28.6 Å². The van der Waals surface area contributed by atoms with Crippen molar-refractivity contribution in [2.45, 2.75) is 309 Å². The number of allylic oxidation sites excluding steroid dienone is 4. The molecule has 370 valence electrons. The van der Waals surface area contributed by atoms with Crippen molar-refractivity contribution in [2.24, 2.45) is 0 Å². The second-order valence-electron chi connectivity index (χ2n) is 18.8. The maximum Gasteiger partial charge on any atom is 0.306 e. The van der Waals surface area contributed by atoms with Crippen molar-refractivity contribution in [1.29, 1.82) is 0 Å². The zero-order chi connectivity index (χ0) is 45.8. The summed E-state index contributed by atoms with van der Waals surface area (Å²) in [5.41, 5.74) is 0. The molecule has 6 nitrogen and oxygen atoms in total. The standard InChI is InChI=1S/C57H106O6/c1-4-7-10-13-16-19-22-25-27-28-30-32-35-38-41-44-47-50-56(59)62-53-54(52-61-55(58)49-46-43-40-37-34-31-24-21-18-15-12-9-6-3)63-57(60)51-48-45-42-39-36-33-29-26-23-20-17-14-11-8-5-2/h21,24,26,29,54H,4-20,22-23,25,27-28,30-53H2,1-3H3/b24-21-,29-26-. The van der Waals surface area contributed by atoms with Crippen molar-refractivity contribution in [3.8, 4) is 0 Å². The van der Waals surface area contributed by atoms with Crippen LogP contribution in [0.15, 0.2) is 24.3 Å². The Morgan fingerprint density at radius 2 is 0.524 bits per heavy atom. The van der Waals surface area contributed by atoms with Crippen LogP contribution in [0.1, 0.15) is 303 Å². The van der Waals surface area contributed by atoms with E-state index in [0.717, 1.165) is 70.6 Å². The highest BCUT2D eigenvalue weighted by Crippen LogP contribution is 2.16. The molecular weight excluding hydrogens is 781 g/mol. The number of unbranched alkanes of at least 4 members (excludes halogenated alkanes) is 36. The smallest absolute Gasteiger partial charge is 0.306 e. The largest absolute Gasteiger partial charge is 0.462 e. The molecule has 0 aliphatic carbocycles. The molecule has 1 atom stereocenters. The lowest BCUT2D eigenvalue weighted by atomic mass is 10.0. The summed E-state index contributed by atoms with van der Waals surface area (Å²) in [4.78, 5) is 38.0. The van der Waals surface area contributed by atoms with Gasteiger partial charge in [0.25, 0.3) is 0 Å². The molecule has 0 aromatic heterocycles. The molecule has 0 aromatic carbocycles. The third-order valence-electron chi connectivity index (χ3n) is 12.4. The molecule has 0 heterocycles. The van der Waals surface area contributed by atoms with E-state index in [0.29, 0.717) is 19.3 Å². The second kappa shape index (κ2) is 52.5. The van der Waals surface area contributed by atoms with Crippen LogP contribution in [0, 0.1) is 0 Å². The van der Waals surface area contributed by atoms with Gasteiger partial charge in [0.2, 0.25) is 0 Å². The number of esters is 3. The van der Waals surface area contributed by atoms with E-state index >= 15 is 0 Å². The lowest BCUT2D eigenvalue weighted by molar-refractivity contribution is -0.167. The van der Waals surface area contributed by atoms with Crippen molar-refractivity contribution in [1.82, 2.24) is 0 Å². The van der Waals surface area contributed by atoms with Gasteiger partial charge < -0.3 is 14.2 Å². The van der Waals surface area contributed by atoms with Crippen LogP contribution in [0.25, 0.3) is 0 Å². The Hall–Kier alpha value is -2.11. The second-order valence-corrected chi connectivity index (χ2v) is 18.8. The molecule has 0 amide bonds. The van der Waals surface area contributed by atoms with E-state index in [9.17, 15) is 14.4 Å². The van der Waals surface area contributed by atoms with Gasteiger partial charge in [0, 0.05) is 19.3 Å². The molecule has 1 unspecified atom stereocenters. The van der Waals surface area contributed by atoms with Crippen LogP contribution in [-0.4, -0.2) is 37.2 Å². The Bertz CT molecular complexity index is 1020. The van der Waals surface area contributed by atoms with E-state index in [2.05, 4.69) is 45.1 Å². The Morgan fingerprint density at radius 3 is 0.810 bits per heavy atom. The summed E-state index contributed by atoms with van der Waals surface area (Å²) in [6.45, 7) is 6.64. The van der Waals surface area contributed by atoms with Crippen LogP contribution >= 0.6 is 0 Å². The van der Waals surface area contributed by atoms with Crippen LogP contribution < -0.4 is 0 Å². The Kier molecular flexibility index (Phi) is 50.8. The summed E-state index contributed by atoms with van der Waals surface area (Å²) < 4.78 is 16.8. The maximum atomic E-state index is 12.8. The molecular formula is C57H106O6. The lowest BCUT2D eigenvalue weighted by Crippen LogP contribution is -2.30. The van der Waals surface area contributed by atoms with E-state index < -0.39 is 6.10 Å². The van der Waals surface area contributed by atoms with Crippen molar-refractivity contribution in [3.05, 3.63) is 24.3 Å². The van der Waals surface area contributed by atoms with E-state index in [4.69, 9.17) is 14.2 Å². The number of hydrogen-bond donors (Lipinski definition) is 0. The summed E-state index contributed by atoms with van der Waals surface area (Å²) in [5.74, 6) is -0.874. The van der Waals surface area contributed by atoms with Gasteiger partial charge in [-0.2, -0.15) is 0 Å². The van der Waals surface area contributed by atoms with Gasteiger partial charge in [-0.1, -0.05) is 238 Å². The van der Waals surface area contributed by atoms with Gasteiger partial charge in [-0.3, -0.25) is 14.4 Å². The predicted octanol–water partition coefficient (Wildman–Crippen LogP) is 18.3. The Labute approximate surface area is 392 Å². The highest BCUT2D eigenvalue weighted by molar-refractivity contribution is 5.71. The minimum Gasteiger partial charge on any atom is -0.462 e. The molecule has 0 bridgehead atoms. The van der Waals surface area contributed by atoms with Crippen LogP contribution in [0.2, 0.25) is 0 Å². The summed E-state index contributed by atoms with van der Waals surface area (Å²) in [6, 6.07) is 0. The summed E-state index contributed by atoms with van der Waals surface area (Å²) in [7, 11) is 0. The van der Waals surface area contributed by atoms with Gasteiger partial charge in [-0.25, -0.2) is 0 Å². The Balaban J connectivity index is 4.34. The first-order chi connectivity index (χ1) is 31.0. The van der Waals surface area contributed by atoms with Crippen LogP contribution in [-0.2, 0) is 28.6 Å². The number of carbonyl (C=O) groups excluding carboxylic acids is 3. The number of ether oxygens (including phenoxy) is 3. The fourth-order valence-corrected chi connectivity index (χ4v) is 8.20. The minimum atomic E-state index is -0.774. The third kappa shape index (κ3) is 50.7. The molecule has 0 rings (SSSR count). The van der Waals surface area contributed by atoms with Gasteiger partial charge in [0.05, 0.1) is 0 Å².